The number of benzene rings is 1. The molecule has 116 valence electrons. The van der Waals surface area contributed by atoms with Gasteiger partial charge in [0.15, 0.2) is 0 Å². The van der Waals surface area contributed by atoms with Crippen LogP contribution >= 0.6 is 0 Å². The lowest BCUT2D eigenvalue weighted by Gasteiger charge is -2.18. The second-order valence-corrected chi connectivity index (χ2v) is 8.88. The Balaban J connectivity index is 1.64. The molecule has 1 unspecified atom stereocenters. The van der Waals surface area contributed by atoms with Gasteiger partial charge in [-0.25, -0.2) is 13.1 Å². The minimum Gasteiger partial charge on any atom is -0.382 e. The van der Waals surface area contributed by atoms with E-state index in [2.05, 4.69) is 23.9 Å². The molecule has 2 fully saturated rings. The smallest absolute Gasteiger partial charge is 0.240 e. The molecule has 0 saturated heterocycles. The first-order valence-electron chi connectivity index (χ1n) is 7.73. The molecule has 0 aliphatic heterocycles. The Morgan fingerprint density at radius 2 is 1.71 bits per heavy atom. The Bertz CT molecular complexity index is 604. The average Bonchev–Trinajstić information content (AvgIpc) is 3.13. The van der Waals surface area contributed by atoms with Crippen molar-refractivity contribution in [2.75, 3.05) is 5.32 Å². The van der Waals surface area contributed by atoms with Crippen LogP contribution < -0.4 is 10.0 Å². The molecule has 2 aliphatic carbocycles. The van der Waals surface area contributed by atoms with Gasteiger partial charge in [-0.15, -0.1) is 0 Å². The number of nitrogens with one attached hydrogen (secondary N) is 2. The highest BCUT2D eigenvalue weighted by Crippen LogP contribution is 2.38. The molecule has 0 heterocycles. The summed E-state index contributed by atoms with van der Waals surface area (Å²) in [5, 5.41) is 3.51. The van der Waals surface area contributed by atoms with E-state index in [0.29, 0.717) is 16.4 Å². The summed E-state index contributed by atoms with van der Waals surface area (Å²) in [6.07, 6.45) is 5.49. The Morgan fingerprint density at radius 3 is 2.24 bits per heavy atom. The van der Waals surface area contributed by atoms with Gasteiger partial charge < -0.3 is 5.32 Å². The maximum absolute atomic E-state index is 12.1. The van der Waals surface area contributed by atoms with E-state index >= 15 is 0 Å². The highest BCUT2D eigenvalue weighted by Gasteiger charge is 2.31. The Kier molecular flexibility index (Phi) is 3.74. The minimum absolute atomic E-state index is 0.147. The lowest BCUT2D eigenvalue weighted by atomic mass is 9.92. The molecule has 2 aliphatic rings. The summed E-state index contributed by atoms with van der Waals surface area (Å²) in [4.78, 5) is 0.353. The molecule has 2 saturated carbocycles. The molecule has 1 atom stereocenters. The van der Waals surface area contributed by atoms with Gasteiger partial charge >= 0.3 is 0 Å². The zero-order valence-electron chi connectivity index (χ0n) is 12.7. The molecule has 2 N–H and O–H groups in total. The van der Waals surface area contributed by atoms with Crippen molar-refractivity contribution in [2.24, 2.45) is 5.41 Å². The van der Waals surface area contributed by atoms with E-state index < -0.39 is 10.0 Å². The van der Waals surface area contributed by atoms with Gasteiger partial charge in [0.05, 0.1) is 4.90 Å². The van der Waals surface area contributed by atoms with Crippen LogP contribution in [0.15, 0.2) is 29.2 Å². The van der Waals surface area contributed by atoms with Gasteiger partial charge in [0.25, 0.3) is 0 Å². The van der Waals surface area contributed by atoms with Crippen molar-refractivity contribution in [1.82, 2.24) is 4.72 Å². The molecule has 4 nitrogen and oxygen atoms in total. The second-order valence-electron chi connectivity index (χ2n) is 7.17. The van der Waals surface area contributed by atoms with Crippen molar-refractivity contribution in [3.8, 4) is 0 Å². The fourth-order valence-corrected chi connectivity index (χ4v) is 4.32. The molecule has 21 heavy (non-hydrogen) atoms. The topological polar surface area (TPSA) is 58.2 Å². The van der Waals surface area contributed by atoms with Crippen molar-refractivity contribution in [3.05, 3.63) is 24.3 Å². The van der Waals surface area contributed by atoms with Crippen LogP contribution in [0, 0.1) is 5.41 Å². The van der Waals surface area contributed by atoms with Crippen LogP contribution in [0.5, 0.6) is 0 Å². The summed E-state index contributed by atoms with van der Waals surface area (Å²) in [7, 11) is -3.34. The molecule has 0 spiro atoms. The van der Waals surface area contributed by atoms with Gasteiger partial charge in [0.1, 0.15) is 0 Å². The van der Waals surface area contributed by atoms with Crippen molar-refractivity contribution in [2.45, 2.75) is 62.9 Å². The highest BCUT2D eigenvalue weighted by molar-refractivity contribution is 7.89. The number of rotatable bonds is 5. The standard InChI is InChI=1S/C16H24N2O2S/c1-16(2)10-9-14(11-16)17-12-5-7-15(8-6-12)21(19,20)18-13-3-4-13/h5-8,13-14,17-18H,3-4,9-11H2,1-2H3. The van der Waals surface area contributed by atoms with Crippen molar-refractivity contribution in [3.63, 3.8) is 0 Å². The molecule has 0 radical (unpaired) electrons. The summed E-state index contributed by atoms with van der Waals surface area (Å²) in [6.45, 7) is 4.60. The highest BCUT2D eigenvalue weighted by atomic mass is 32.2. The molecule has 1 aromatic carbocycles. The Morgan fingerprint density at radius 1 is 1.05 bits per heavy atom. The Labute approximate surface area is 127 Å². The number of anilines is 1. The van der Waals surface area contributed by atoms with Gasteiger partial charge in [-0.05, 0) is 61.8 Å². The predicted octanol–water partition coefficient (Wildman–Crippen LogP) is 3.12. The number of hydrogen-bond donors (Lipinski definition) is 2. The van der Waals surface area contributed by atoms with E-state index in [1.165, 1.54) is 12.8 Å². The third-order valence-corrected chi connectivity index (χ3v) is 5.94. The first-order chi connectivity index (χ1) is 9.84. The number of hydrogen-bond acceptors (Lipinski definition) is 3. The first kappa shape index (κ1) is 14.9. The summed E-state index contributed by atoms with van der Waals surface area (Å²) < 4.78 is 26.9. The van der Waals surface area contributed by atoms with Gasteiger partial charge in [-0.2, -0.15) is 0 Å². The van der Waals surface area contributed by atoms with Crippen LogP contribution in [0.3, 0.4) is 0 Å². The summed E-state index contributed by atoms with van der Waals surface area (Å²) in [5.74, 6) is 0. The van der Waals surface area contributed by atoms with Gasteiger partial charge in [-0.1, -0.05) is 13.8 Å². The van der Waals surface area contributed by atoms with E-state index in [1.807, 2.05) is 12.1 Å². The maximum Gasteiger partial charge on any atom is 0.240 e. The number of sulfonamides is 1. The zero-order valence-corrected chi connectivity index (χ0v) is 13.5. The third-order valence-electron chi connectivity index (χ3n) is 4.40. The monoisotopic (exact) mass is 308 g/mol. The SMILES string of the molecule is CC1(C)CCC(Nc2ccc(S(=O)(=O)NC3CC3)cc2)C1. The molecule has 1 aromatic rings. The van der Waals surface area contributed by atoms with E-state index in [1.54, 1.807) is 12.1 Å². The predicted molar refractivity (Wildman–Crippen MR) is 84.8 cm³/mol. The van der Waals surface area contributed by atoms with Crippen LogP contribution in [0.1, 0.15) is 46.0 Å². The van der Waals surface area contributed by atoms with E-state index in [0.717, 1.165) is 24.9 Å². The van der Waals surface area contributed by atoms with Crippen molar-refractivity contribution < 1.29 is 8.42 Å². The van der Waals surface area contributed by atoms with Gasteiger partial charge in [0.2, 0.25) is 10.0 Å². The van der Waals surface area contributed by atoms with Crippen LogP contribution in [0.2, 0.25) is 0 Å². The van der Waals surface area contributed by atoms with Gasteiger partial charge in [-0.3, -0.25) is 0 Å². The summed E-state index contributed by atoms with van der Waals surface area (Å²) in [6, 6.07) is 7.75. The van der Waals surface area contributed by atoms with Crippen molar-refractivity contribution in [1.29, 1.82) is 0 Å². The molecule has 5 heteroatoms. The molecule has 0 bridgehead atoms. The second kappa shape index (κ2) is 5.29. The lowest BCUT2D eigenvalue weighted by molar-refractivity contribution is 0.378. The fraction of sp³-hybridized carbons (Fsp3) is 0.625. The fourth-order valence-electron chi connectivity index (χ4n) is 3.01. The van der Waals surface area contributed by atoms with Crippen LogP contribution in [0.25, 0.3) is 0 Å². The van der Waals surface area contributed by atoms with Crippen LogP contribution in [-0.4, -0.2) is 20.5 Å². The summed E-state index contributed by atoms with van der Waals surface area (Å²) >= 11 is 0. The molecule has 0 amide bonds. The van der Waals surface area contributed by atoms with E-state index in [-0.39, 0.29) is 6.04 Å². The van der Waals surface area contributed by atoms with Crippen molar-refractivity contribution >= 4 is 15.7 Å². The quantitative estimate of drug-likeness (QED) is 0.878. The molecule has 0 aromatic heterocycles. The van der Waals surface area contributed by atoms with Gasteiger partial charge in [0, 0.05) is 17.8 Å². The molecule has 3 rings (SSSR count). The largest absolute Gasteiger partial charge is 0.382 e. The minimum atomic E-state index is -3.34. The zero-order chi connectivity index (χ0) is 15.1. The van der Waals surface area contributed by atoms with Crippen LogP contribution in [-0.2, 0) is 10.0 Å². The first-order valence-corrected chi connectivity index (χ1v) is 9.21. The molecular weight excluding hydrogens is 284 g/mol. The third kappa shape index (κ3) is 3.77. The lowest BCUT2D eigenvalue weighted by Crippen LogP contribution is -2.25. The average molecular weight is 308 g/mol. The normalized spacial score (nSPS) is 25.0. The van der Waals surface area contributed by atoms with E-state index in [4.69, 9.17) is 0 Å². The maximum atomic E-state index is 12.1. The summed E-state index contributed by atoms with van der Waals surface area (Å²) in [5.41, 5.74) is 1.41. The molecular formula is C16H24N2O2S. The Hall–Kier alpha value is -1.07. The van der Waals surface area contributed by atoms with Crippen LogP contribution in [0.4, 0.5) is 5.69 Å². The van der Waals surface area contributed by atoms with E-state index in [9.17, 15) is 8.42 Å².